The Morgan fingerprint density at radius 3 is 3.14 bits per heavy atom. The number of hydrogen-bond acceptors (Lipinski definition) is 4. The second-order valence-electron chi connectivity index (χ2n) is 6.36. The van der Waals surface area contributed by atoms with Crippen LogP contribution in [0, 0.1) is 11.7 Å². The molecule has 6 heteroatoms. The zero-order chi connectivity index (χ0) is 15.3. The minimum atomic E-state index is -0.469. The van der Waals surface area contributed by atoms with Gasteiger partial charge in [0.1, 0.15) is 12.0 Å². The second-order valence-corrected chi connectivity index (χ2v) is 6.36. The van der Waals surface area contributed by atoms with Crippen LogP contribution in [-0.4, -0.2) is 41.0 Å². The minimum absolute atomic E-state index is 0.157. The van der Waals surface area contributed by atoms with E-state index in [2.05, 4.69) is 22.1 Å². The van der Waals surface area contributed by atoms with Crippen molar-refractivity contribution in [1.82, 2.24) is 15.2 Å². The molecular formula is C16H18FN3O2. The molecular weight excluding hydrogens is 285 g/mol. The van der Waals surface area contributed by atoms with Crippen LogP contribution in [0.2, 0.25) is 0 Å². The SMILES string of the molecule is CC1CC2CCN1CC2NC(=O)c1cc2c(F)coc2cn1. The molecule has 3 aliphatic heterocycles. The third-order valence-corrected chi connectivity index (χ3v) is 5.02. The lowest BCUT2D eigenvalue weighted by Gasteiger charge is -2.48. The number of furan rings is 1. The number of hydrogen-bond donors (Lipinski definition) is 1. The van der Waals surface area contributed by atoms with E-state index in [1.54, 1.807) is 0 Å². The van der Waals surface area contributed by atoms with Gasteiger partial charge in [-0.05, 0) is 38.3 Å². The Morgan fingerprint density at radius 1 is 1.55 bits per heavy atom. The number of carbonyl (C=O) groups excluding carboxylic acids is 1. The van der Waals surface area contributed by atoms with Gasteiger partial charge < -0.3 is 9.73 Å². The molecule has 22 heavy (non-hydrogen) atoms. The quantitative estimate of drug-likeness (QED) is 0.924. The van der Waals surface area contributed by atoms with Gasteiger partial charge in [-0.2, -0.15) is 0 Å². The predicted molar refractivity (Wildman–Crippen MR) is 79.0 cm³/mol. The first-order valence-corrected chi connectivity index (χ1v) is 7.69. The Labute approximate surface area is 127 Å². The van der Waals surface area contributed by atoms with Crippen LogP contribution in [0.15, 0.2) is 22.9 Å². The number of nitrogens with zero attached hydrogens (tertiary/aromatic N) is 2. The number of nitrogens with one attached hydrogen (secondary N) is 1. The van der Waals surface area contributed by atoms with Crippen LogP contribution < -0.4 is 5.32 Å². The number of amides is 1. The number of halogens is 1. The molecule has 0 aliphatic carbocycles. The molecule has 0 spiro atoms. The third-order valence-electron chi connectivity index (χ3n) is 5.02. The molecule has 2 bridgehead atoms. The van der Waals surface area contributed by atoms with E-state index in [1.807, 2.05) is 0 Å². The van der Waals surface area contributed by atoms with E-state index in [4.69, 9.17) is 4.42 Å². The average molecular weight is 303 g/mol. The van der Waals surface area contributed by atoms with Crippen LogP contribution in [-0.2, 0) is 0 Å². The topological polar surface area (TPSA) is 58.4 Å². The summed E-state index contributed by atoms with van der Waals surface area (Å²) >= 11 is 0. The molecule has 0 radical (unpaired) electrons. The predicted octanol–water partition coefficient (Wildman–Crippen LogP) is 2.18. The molecule has 116 valence electrons. The van der Waals surface area contributed by atoms with Gasteiger partial charge in [0.15, 0.2) is 11.4 Å². The van der Waals surface area contributed by atoms with Crippen LogP contribution in [0.1, 0.15) is 30.3 Å². The fraction of sp³-hybridized carbons (Fsp3) is 0.500. The number of rotatable bonds is 2. The van der Waals surface area contributed by atoms with Crippen LogP contribution >= 0.6 is 0 Å². The maximum absolute atomic E-state index is 13.6. The zero-order valence-electron chi connectivity index (χ0n) is 12.4. The maximum Gasteiger partial charge on any atom is 0.270 e. The number of aromatic nitrogens is 1. The highest BCUT2D eigenvalue weighted by Crippen LogP contribution is 2.32. The van der Waals surface area contributed by atoms with Crippen LogP contribution in [0.5, 0.6) is 0 Å². The molecule has 3 aliphatic rings. The lowest BCUT2D eigenvalue weighted by atomic mass is 9.80. The van der Waals surface area contributed by atoms with Gasteiger partial charge in [-0.25, -0.2) is 9.37 Å². The number of fused-ring (bicyclic) bond motifs is 4. The molecule has 0 saturated carbocycles. The number of pyridine rings is 1. The molecule has 4 atom stereocenters. The van der Waals surface area contributed by atoms with E-state index < -0.39 is 5.82 Å². The van der Waals surface area contributed by atoms with E-state index in [0.717, 1.165) is 32.2 Å². The fourth-order valence-corrected chi connectivity index (χ4v) is 3.73. The number of carbonyl (C=O) groups is 1. The van der Waals surface area contributed by atoms with Gasteiger partial charge in [0.05, 0.1) is 11.6 Å². The minimum Gasteiger partial charge on any atom is -0.460 e. The van der Waals surface area contributed by atoms with Crippen molar-refractivity contribution in [2.45, 2.75) is 31.8 Å². The molecule has 5 heterocycles. The van der Waals surface area contributed by atoms with Crippen molar-refractivity contribution in [3.05, 3.63) is 30.0 Å². The van der Waals surface area contributed by atoms with Crippen molar-refractivity contribution in [1.29, 1.82) is 0 Å². The van der Waals surface area contributed by atoms with Gasteiger partial charge in [0, 0.05) is 18.6 Å². The molecule has 1 amide bonds. The highest BCUT2D eigenvalue weighted by molar-refractivity contribution is 5.95. The van der Waals surface area contributed by atoms with Gasteiger partial charge in [-0.15, -0.1) is 0 Å². The van der Waals surface area contributed by atoms with Crippen molar-refractivity contribution in [3.63, 3.8) is 0 Å². The Balaban J connectivity index is 1.53. The molecule has 5 rings (SSSR count). The molecule has 0 aromatic carbocycles. The van der Waals surface area contributed by atoms with Crippen LogP contribution in [0.25, 0.3) is 11.0 Å². The van der Waals surface area contributed by atoms with Crippen molar-refractivity contribution >= 4 is 16.9 Å². The maximum atomic E-state index is 13.6. The molecule has 3 saturated heterocycles. The first kappa shape index (κ1) is 13.7. The van der Waals surface area contributed by atoms with Crippen molar-refractivity contribution < 1.29 is 13.6 Å². The van der Waals surface area contributed by atoms with Crippen LogP contribution in [0.4, 0.5) is 4.39 Å². The Hall–Kier alpha value is -1.95. The van der Waals surface area contributed by atoms with E-state index in [1.165, 1.54) is 12.3 Å². The van der Waals surface area contributed by atoms with E-state index in [0.29, 0.717) is 22.9 Å². The first-order valence-electron chi connectivity index (χ1n) is 7.69. The lowest BCUT2D eigenvalue weighted by Crippen LogP contribution is -2.60. The summed E-state index contributed by atoms with van der Waals surface area (Å²) in [6.45, 7) is 4.24. The zero-order valence-corrected chi connectivity index (χ0v) is 12.4. The highest BCUT2D eigenvalue weighted by atomic mass is 19.1. The average Bonchev–Trinajstić information content (AvgIpc) is 2.89. The largest absolute Gasteiger partial charge is 0.460 e. The van der Waals surface area contributed by atoms with Gasteiger partial charge in [-0.1, -0.05) is 0 Å². The third kappa shape index (κ3) is 2.18. The molecule has 3 fully saturated rings. The highest BCUT2D eigenvalue weighted by Gasteiger charge is 2.38. The van der Waals surface area contributed by atoms with Crippen LogP contribution in [0.3, 0.4) is 0 Å². The summed E-state index contributed by atoms with van der Waals surface area (Å²) < 4.78 is 18.6. The van der Waals surface area contributed by atoms with Gasteiger partial charge >= 0.3 is 0 Å². The summed E-state index contributed by atoms with van der Waals surface area (Å²) in [4.78, 5) is 18.9. The van der Waals surface area contributed by atoms with E-state index in [9.17, 15) is 9.18 Å². The standard InChI is InChI=1S/C16H18FN3O2/c1-9-4-10-2-3-20(9)7-14(10)19-16(21)13-5-11-12(17)8-22-15(11)6-18-13/h5-6,8-10,14H,2-4,7H2,1H3,(H,19,21). The molecule has 2 aromatic heterocycles. The Kier molecular flexibility index (Phi) is 3.14. The Morgan fingerprint density at radius 2 is 2.41 bits per heavy atom. The molecule has 5 nitrogen and oxygen atoms in total. The summed E-state index contributed by atoms with van der Waals surface area (Å²) in [7, 11) is 0. The van der Waals surface area contributed by atoms with Gasteiger partial charge in [0.2, 0.25) is 0 Å². The van der Waals surface area contributed by atoms with Crippen molar-refractivity contribution in [2.75, 3.05) is 13.1 Å². The van der Waals surface area contributed by atoms with Crippen molar-refractivity contribution in [3.8, 4) is 0 Å². The summed E-state index contributed by atoms with van der Waals surface area (Å²) in [6, 6.07) is 2.21. The van der Waals surface area contributed by atoms with Gasteiger partial charge in [0.25, 0.3) is 5.91 Å². The van der Waals surface area contributed by atoms with E-state index in [-0.39, 0.29) is 17.6 Å². The molecule has 4 unspecified atom stereocenters. The summed E-state index contributed by atoms with van der Waals surface area (Å²) in [5, 5.41) is 3.36. The monoisotopic (exact) mass is 303 g/mol. The molecule has 1 N–H and O–H groups in total. The molecule has 2 aromatic rings. The summed E-state index contributed by atoms with van der Waals surface area (Å²) in [5.74, 6) is -0.185. The summed E-state index contributed by atoms with van der Waals surface area (Å²) in [6.07, 6.45) is 4.67. The van der Waals surface area contributed by atoms with E-state index >= 15 is 0 Å². The smallest absolute Gasteiger partial charge is 0.270 e. The first-order chi connectivity index (χ1) is 10.6. The van der Waals surface area contributed by atoms with Gasteiger partial charge in [-0.3, -0.25) is 9.69 Å². The number of piperidine rings is 3. The van der Waals surface area contributed by atoms with Crippen molar-refractivity contribution in [2.24, 2.45) is 5.92 Å². The fourth-order valence-electron chi connectivity index (χ4n) is 3.73. The lowest BCUT2D eigenvalue weighted by molar-refractivity contribution is 0.0273. The second kappa shape index (κ2) is 5.05. The summed E-state index contributed by atoms with van der Waals surface area (Å²) in [5.41, 5.74) is 0.586. The Bertz CT molecular complexity index is 729. The normalized spacial score (nSPS) is 30.6.